The topological polar surface area (TPSA) is 0 Å². The van der Waals surface area contributed by atoms with Gasteiger partial charge in [-0.05, 0) is 99.4 Å². The lowest BCUT2D eigenvalue weighted by atomic mass is 9.83. The maximum Gasteiger partial charge on any atom is -0.00203 e. The largest absolute Gasteiger partial charge is 0.0622 e. The van der Waals surface area contributed by atoms with Crippen molar-refractivity contribution < 1.29 is 0 Å². The van der Waals surface area contributed by atoms with Crippen molar-refractivity contribution in [2.75, 3.05) is 0 Å². The molecule has 0 aliphatic carbocycles. The van der Waals surface area contributed by atoms with Crippen LogP contribution in [0.1, 0.15) is 0 Å². The zero-order valence-electron chi connectivity index (χ0n) is 24.2. The van der Waals surface area contributed by atoms with Crippen LogP contribution in [0.25, 0.3) is 87.2 Å². The molecular weight excluding hydrogens is 528 g/mol. The molecule has 9 rings (SSSR count). The highest BCUT2D eigenvalue weighted by atomic mass is 14.2. The van der Waals surface area contributed by atoms with Gasteiger partial charge in [-0.3, -0.25) is 0 Å². The zero-order chi connectivity index (χ0) is 29.0. The lowest BCUT2D eigenvalue weighted by Gasteiger charge is -2.20. The summed E-state index contributed by atoms with van der Waals surface area (Å²) >= 11 is 0. The standard InChI is InChI=1S/C44H28/c1-3-14-30(15-4-1)43-37-22-12-11-21-36(37)41-28-33(24-26-39(41)44(43)31-16-5-2-6-17-31)42-35-20-10-8-18-32(35)27-40-34-19-9-7-13-29(34)23-25-38(40)42/h1-28H. The Balaban J connectivity index is 1.44. The minimum atomic E-state index is 1.23. The quantitative estimate of drug-likeness (QED) is 0.150. The molecule has 0 aliphatic rings. The van der Waals surface area contributed by atoms with Gasteiger partial charge in [-0.2, -0.15) is 0 Å². The lowest BCUT2D eigenvalue weighted by Crippen LogP contribution is -1.93. The molecule has 0 heteroatoms. The van der Waals surface area contributed by atoms with Crippen molar-refractivity contribution in [3.8, 4) is 33.4 Å². The van der Waals surface area contributed by atoms with Crippen molar-refractivity contribution in [2.45, 2.75) is 0 Å². The van der Waals surface area contributed by atoms with Gasteiger partial charge in [0, 0.05) is 0 Å². The molecule has 9 aromatic carbocycles. The Hall–Kier alpha value is -5.72. The third-order valence-electron chi connectivity index (χ3n) is 9.21. The molecule has 0 fully saturated rings. The summed E-state index contributed by atoms with van der Waals surface area (Å²) in [5.41, 5.74) is 7.58. The molecule has 204 valence electrons. The summed E-state index contributed by atoms with van der Waals surface area (Å²) in [4.78, 5) is 0. The van der Waals surface area contributed by atoms with Crippen LogP contribution in [-0.4, -0.2) is 0 Å². The molecule has 0 aliphatic heterocycles. The summed E-state index contributed by atoms with van der Waals surface area (Å²) in [6, 6.07) is 62.3. The van der Waals surface area contributed by atoms with E-state index in [1.165, 1.54) is 87.2 Å². The summed E-state index contributed by atoms with van der Waals surface area (Å²) in [6.45, 7) is 0. The molecule has 0 nitrogen and oxygen atoms in total. The maximum atomic E-state index is 2.44. The lowest BCUT2D eigenvalue weighted by molar-refractivity contribution is 1.63. The van der Waals surface area contributed by atoms with Gasteiger partial charge in [0.05, 0.1) is 0 Å². The number of hydrogen-bond acceptors (Lipinski definition) is 0. The van der Waals surface area contributed by atoms with Crippen molar-refractivity contribution in [1.29, 1.82) is 0 Å². The second kappa shape index (κ2) is 9.93. The molecule has 0 unspecified atom stereocenters. The molecule has 0 N–H and O–H groups in total. The Kier molecular flexibility index (Phi) is 5.61. The van der Waals surface area contributed by atoms with E-state index in [-0.39, 0.29) is 0 Å². The van der Waals surface area contributed by atoms with E-state index in [0.717, 1.165) is 0 Å². The average Bonchev–Trinajstić information content (AvgIpc) is 3.10. The van der Waals surface area contributed by atoms with Gasteiger partial charge >= 0.3 is 0 Å². The molecule has 0 heterocycles. The van der Waals surface area contributed by atoms with Gasteiger partial charge in [-0.1, -0.05) is 158 Å². The van der Waals surface area contributed by atoms with Crippen LogP contribution in [-0.2, 0) is 0 Å². The fourth-order valence-corrected chi connectivity index (χ4v) is 7.29. The van der Waals surface area contributed by atoms with Gasteiger partial charge in [-0.15, -0.1) is 0 Å². The summed E-state index contributed by atoms with van der Waals surface area (Å²) in [5, 5.41) is 12.8. The normalized spacial score (nSPS) is 11.6. The molecule has 0 spiro atoms. The van der Waals surface area contributed by atoms with Gasteiger partial charge in [0.25, 0.3) is 0 Å². The van der Waals surface area contributed by atoms with Crippen molar-refractivity contribution in [1.82, 2.24) is 0 Å². The van der Waals surface area contributed by atoms with Gasteiger partial charge in [0.15, 0.2) is 0 Å². The smallest absolute Gasteiger partial charge is 0.00203 e. The average molecular weight is 557 g/mol. The van der Waals surface area contributed by atoms with Crippen molar-refractivity contribution in [2.24, 2.45) is 0 Å². The Bertz CT molecular complexity index is 2520. The van der Waals surface area contributed by atoms with Crippen LogP contribution in [0.3, 0.4) is 0 Å². The van der Waals surface area contributed by atoms with Crippen LogP contribution in [0.15, 0.2) is 170 Å². The molecule has 0 radical (unpaired) electrons. The van der Waals surface area contributed by atoms with Gasteiger partial charge in [0.2, 0.25) is 0 Å². The summed E-state index contributed by atoms with van der Waals surface area (Å²) < 4.78 is 0. The second-order valence-electron chi connectivity index (χ2n) is 11.6. The maximum absolute atomic E-state index is 2.44. The first-order valence-corrected chi connectivity index (χ1v) is 15.3. The van der Waals surface area contributed by atoms with E-state index in [1.54, 1.807) is 0 Å². The summed E-state index contributed by atoms with van der Waals surface area (Å²) in [6.07, 6.45) is 0. The van der Waals surface area contributed by atoms with Crippen molar-refractivity contribution in [3.63, 3.8) is 0 Å². The molecular formula is C44H28. The minimum absolute atomic E-state index is 1.23. The highest BCUT2D eigenvalue weighted by Crippen LogP contribution is 2.47. The zero-order valence-corrected chi connectivity index (χ0v) is 24.2. The Morgan fingerprint density at radius 2 is 0.682 bits per heavy atom. The molecule has 0 saturated carbocycles. The predicted molar refractivity (Wildman–Crippen MR) is 190 cm³/mol. The molecule has 0 bridgehead atoms. The van der Waals surface area contributed by atoms with E-state index in [1.807, 2.05) is 0 Å². The Morgan fingerprint density at radius 3 is 1.39 bits per heavy atom. The SMILES string of the molecule is c1ccc(-c2c(-c3ccccc3)c3ccc(-c4c5ccccc5cc5c4ccc4ccccc45)cc3c3ccccc23)cc1. The van der Waals surface area contributed by atoms with E-state index in [4.69, 9.17) is 0 Å². The highest BCUT2D eigenvalue weighted by Gasteiger charge is 2.19. The first kappa shape index (κ1) is 24.8. The Labute approximate surface area is 256 Å². The molecule has 0 amide bonds. The van der Waals surface area contributed by atoms with E-state index in [9.17, 15) is 0 Å². The summed E-state index contributed by atoms with van der Waals surface area (Å²) in [5.74, 6) is 0. The monoisotopic (exact) mass is 556 g/mol. The number of hydrogen-bond donors (Lipinski definition) is 0. The number of fused-ring (bicyclic) bond motifs is 7. The molecule has 0 saturated heterocycles. The van der Waals surface area contributed by atoms with Crippen LogP contribution in [0, 0.1) is 0 Å². The Morgan fingerprint density at radius 1 is 0.205 bits per heavy atom. The molecule has 44 heavy (non-hydrogen) atoms. The third kappa shape index (κ3) is 3.78. The van der Waals surface area contributed by atoms with Crippen LogP contribution in [0.4, 0.5) is 0 Å². The molecule has 0 atom stereocenters. The second-order valence-corrected chi connectivity index (χ2v) is 11.6. The van der Waals surface area contributed by atoms with Crippen molar-refractivity contribution >= 4 is 53.9 Å². The minimum Gasteiger partial charge on any atom is -0.0622 e. The van der Waals surface area contributed by atoms with Crippen LogP contribution >= 0.6 is 0 Å². The summed E-state index contributed by atoms with van der Waals surface area (Å²) in [7, 11) is 0. The number of rotatable bonds is 3. The molecule has 9 aromatic rings. The van der Waals surface area contributed by atoms with E-state index >= 15 is 0 Å². The van der Waals surface area contributed by atoms with Crippen LogP contribution < -0.4 is 0 Å². The van der Waals surface area contributed by atoms with Crippen LogP contribution in [0.5, 0.6) is 0 Å². The van der Waals surface area contributed by atoms with Crippen molar-refractivity contribution in [3.05, 3.63) is 170 Å². The highest BCUT2D eigenvalue weighted by molar-refractivity contribution is 6.24. The number of benzene rings is 9. The predicted octanol–water partition coefficient (Wildman–Crippen LogP) is 12.5. The van der Waals surface area contributed by atoms with E-state index < -0.39 is 0 Å². The third-order valence-corrected chi connectivity index (χ3v) is 9.21. The van der Waals surface area contributed by atoms with Gasteiger partial charge < -0.3 is 0 Å². The van der Waals surface area contributed by atoms with E-state index in [0.29, 0.717) is 0 Å². The molecule has 0 aromatic heterocycles. The van der Waals surface area contributed by atoms with Gasteiger partial charge in [-0.25, -0.2) is 0 Å². The fourth-order valence-electron chi connectivity index (χ4n) is 7.29. The fraction of sp³-hybridized carbons (Fsp3) is 0. The first-order chi connectivity index (χ1) is 21.8. The van der Waals surface area contributed by atoms with Crippen LogP contribution in [0.2, 0.25) is 0 Å². The van der Waals surface area contributed by atoms with Gasteiger partial charge in [0.1, 0.15) is 0 Å². The van der Waals surface area contributed by atoms with E-state index in [2.05, 4.69) is 170 Å². The first-order valence-electron chi connectivity index (χ1n) is 15.3.